The Morgan fingerprint density at radius 3 is 2.59 bits per heavy atom. The number of piperidine rings is 1. The Morgan fingerprint density at radius 2 is 1.95 bits per heavy atom. The smallest absolute Gasteiger partial charge is 0.265 e. The van der Waals surface area contributed by atoms with Crippen molar-refractivity contribution in [2.24, 2.45) is 5.92 Å². The molecule has 1 aliphatic heterocycles. The van der Waals surface area contributed by atoms with E-state index in [0.717, 1.165) is 10.1 Å². The van der Waals surface area contributed by atoms with Crippen LogP contribution in [-0.4, -0.2) is 36.9 Å². The highest BCUT2D eigenvalue weighted by Gasteiger charge is 2.29. The van der Waals surface area contributed by atoms with Crippen LogP contribution in [0.1, 0.15) is 22.5 Å². The van der Waals surface area contributed by atoms with Gasteiger partial charge in [0.2, 0.25) is 5.91 Å². The van der Waals surface area contributed by atoms with Crippen LogP contribution in [-0.2, 0) is 4.79 Å². The zero-order chi connectivity index (χ0) is 15.7. The van der Waals surface area contributed by atoms with Crippen molar-refractivity contribution in [3.8, 4) is 0 Å². The van der Waals surface area contributed by atoms with E-state index >= 15 is 0 Å². The maximum atomic E-state index is 12.7. The zero-order valence-electron chi connectivity index (χ0n) is 12.3. The number of nitrogens with zero attached hydrogens (tertiary/aromatic N) is 1. The van der Waals surface area contributed by atoms with Crippen LogP contribution in [0.15, 0.2) is 24.3 Å². The second-order valence-corrected chi connectivity index (χ2v) is 6.85. The molecule has 0 saturated carbocycles. The van der Waals surface area contributed by atoms with Crippen molar-refractivity contribution in [3.63, 3.8) is 0 Å². The molecule has 0 aliphatic carbocycles. The molecule has 1 aromatic carbocycles. The molecule has 0 atom stereocenters. The molecule has 0 unspecified atom stereocenters. The standard InChI is InChI=1S/C16H17ClN2O2S/c1-18-15(20)10-6-8-19(9-7-10)16(21)14-13(17)11-4-2-3-5-12(11)22-14/h2-5,10H,6-9H2,1H3,(H,18,20). The topological polar surface area (TPSA) is 49.4 Å². The third-order valence-electron chi connectivity index (χ3n) is 4.13. The Hall–Kier alpha value is -1.59. The number of nitrogens with one attached hydrogen (secondary N) is 1. The van der Waals surface area contributed by atoms with Crippen LogP contribution in [0, 0.1) is 5.92 Å². The van der Waals surface area contributed by atoms with E-state index in [1.807, 2.05) is 24.3 Å². The van der Waals surface area contributed by atoms with Gasteiger partial charge in [0.05, 0.1) is 5.02 Å². The van der Waals surface area contributed by atoms with Gasteiger partial charge in [0, 0.05) is 36.1 Å². The fraction of sp³-hybridized carbons (Fsp3) is 0.375. The predicted molar refractivity (Wildman–Crippen MR) is 89.5 cm³/mol. The second kappa shape index (κ2) is 6.26. The van der Waals surface area contributed by atoms with Crippen LogP contribution in [0.3, 0.4) is 0 Å². The highest BCUT2D eigenvalue weighted by atomic mass is 35.5. The van der Waals surface area contributed by atoms with Crippen molar-refractivity contribution in [2.75, 3.05) is 20.1 Å². The number of likely N-dealkylation sites (tertiary alicyclic amines) is 1. The molecule has 2 heterocycles. The quantitative estimate of drug-likeness (QED) is 0.915. The average Bonchev–Trinajstić information content (AvgIpc) is 2.91. The number of carbonyl (C=O) groups excluding carboxylic acids is 2. The van der Waals surface area contributed by atoms with Gasteiger partial charge < -0.3 is 10.2 Å². The van der Waals surface area contributed by atoms with Crippen LogP contribution < -0.4 is 5.32 Å². The van der Waals surface area contributed by atoms with Crippen molar-refractivity contribution in [1.29, 1.82) is 0 Å². The van der Waals surface area contributed by atoms with Crippen LogP contribution in [0.4, 0.5) is 0 Å². The van der Waals surface area contributed by atoms with E-state index < -0.39 is 0 Å². The fourth-order valence-electron chi connectivity index (χ4n) is 2.84. The Labute approximate surface area is 138 Å². The molecule has 0 bridgehead atoms. The first-order valence-electron chi connectivity index (χ1n) is 7.29. The number of hydrogen-bond acceptors (Lipinski definition) is 3. The number of thiophene rings is 1. The number of rotatable bonds is 2. The Balaban J connectivity index is 1.77. The first-order chi connectivity index (χ1) is 10.6. The van der Waals surface area contributed by atoms with E-state index in [2.05, 4.69) is 5.32 Å². The molecule has 116 valence electrons. The van der Waals surface area contributed by atoms with Gasteiger partial charge in [-0.05, 0) is 18.9 Å². The monoisotopic (exact) mass is 336 g/mol. The van der Waals surface area contributed by atoms with Gasteiger partial charge in [0.15, 0.2) is 0 Å². The SMILES string of the molecule is CNC(=O)C1CCN(C(=O)c2sc3ccccc3c2Cl)CC1. The molecule has 2 aromatic rings. The van der Waals surface area contributed by atoms with E-state index in [1.165, 1.54) is 11.3 Å². The van der Waals surface area contributed by atoms with E-state index in [0.29, 0.717) is 35.8 Å². The largest absolute Gasteiger partial charge is 0.359 e. The van der Waals surface area contributed by atoms with Crippen molar-refractivity contribution < 1.29 is 9.59 Å². The summed E-state index contributed by atoms with van der Waals surface area (Å²) in [7, 11) is 1.65. The van der Waals surface area contributed by atoms with Gasteiger partial charge in [-0.25, -0.2) is 0 Å². The average molecular weight is 337 g/mol. The van der Waals surface area contributed by atoms with Crippen LogP contribution in [0.5, 0.6) is 0 Å². The Bertz CT molecular complexity index is 720. The summed E-state index contributed by atoms with van der Waals surface area (Å²) in [5.41, 5.74) is 0. The summed E-state index contributed by atoms with van der Waals surface area (Å²) in [6.45, 7) is 1.20. The van der Waals surface area contributed by atoms with Crippen molar-refractivity contribution in [2.45, 2.75) is 12.8 Å². The number of amides is 2. The number of carbonyl (C=O) groups is 2. The lowest BCUT2D eigenvalue weighted by Gasteiger charge is -2.30. The van der Waals surface area contributed by atoms with E-state index in [-0.39, 0.29) is 17.7 Å². The first-order valence-corrected chi connectivity index (χ1v) is 8.49. The third-order valence-corrected chi connectivity index (χ3v) is 5.79. The van der Waals surface area contributed by atoms with Gasteiger partial charge in [-0.2, -0.15) is 0 Å². The van der Waals surface area contributed by atoms with Crippen LogP contribution in [0.2, 0.25) is 5.02 Å². The van der Waals surface area contributed by atoms with E-state index in [1.54, 1.807) is 11.9 Å². The molecular formula is C16H17ClN2O2S. The molecule has 1 aromatic heterocycles. The Morgan fingerprint density at radius 1 is 1.27 bits per heavy atom. The molecule has 6 heteroatoms. The predicted octanol–water partition coefficient (Wildman–Crippen LogP) is 3.15. The molecule has 1 aliphatic rings. The number of fused-ring (bicyclic) bond motifs is 1. The fourth-order valence-corrected chi connectivity index (χ4v) is 4.32. The molecule has 22 heavy (non-hydrogen) atoms. The number of benzene rings is 1. The minimum Gasteiger partial charge on any atom is -0.359 e. The number of halogens is 1. The summed E-state index contributed by atoms with van der Waals surface area (Å²) >= 11 is 7.81. The first kappa shape index (κ1) is 15.3. The second-order valence-electron chi connectivity index (χ2n) is 5.42. The summed E-state index contributed by atoms with van der Waals surface area (Å²) in [6, 6.07) is 7.77. The summed E-state index contributed by atoms with van der Waals surface area (Å²) in [5, 5.41) is 4.15. The van der Waals surface area contributed by atoms with Crippen molar-refractivity contribution in [3.05, 3.63) is 34.2 Å². The summed E-state index contributed by atoms with van der Waals surface area (Å²) in [6.07, 6.45) is 1.40. The lowest BCUT2D eigenvalue weighted by atomic mass is 9.96. The van der Waals surface area contributed by atoms with Crippen LogP contribution >= 0.6 is 22.9 Å². The zero-order valence-corrected chi connectivity index (χ0v) is 13.8. The van der Waals surface area contributed by atoms with Crippen molar-refractivity contribution in [1.82, 2.24) is 10.2 Å². The van der Waals surface area contributed by atoms with Gasteiger partial charge >= 0.3 is 0 Å². The minimum absolute atomic E-state index is 0.00642. The molecular weight excluding hydrogens is 320 g/mol. The molecule has 1 N–H and O–H groups in total. The summed E-state index contributed by atoms with van der Waals surface area (Å²) in [5.74, 6) is 0.0421. The lowest BCUT2D eigenvalue weighted by Crippen LogP contribution is -2.42. The summed E-state index contributed by atoms with van der Waals surface area (Å²) < 4.78 is 1.02. The van der Waals surface area contributed by atoms with Gasteiger partial charge in [-0.3, -0.25) is 9.59 Å². The molecule has 1 saturated heterocycles. The molecule has 3 rings (SSSR count). The molecule has 2 amide bonds. The maximum Gasteiger partial charge on any atom is 0.265 e. The van der Waals surface area contributed by atoms with Gasteiger partial charge in [0.1, 0.15) is 4.88 Å². The van der Waals surface area contributed by atoms with Crippen molar-refractivity contribution >= 4 is 44.8 Å². The number of hydrogen-bond donors (Lipinski definition) is 1. The van der Waals surface area contributed by atoms with Crippen LogP contribution in [0.25, 0.3) is 10.1 Å². The lowest BCUT2D eigenvalue weighted by molar-refractivity contribution is -0.125. The Kier molecular flexibility index (Phi) is 4.36. The van der Waals surface area contributed by atoms with Gasteiger partial charge in [0.25, 0.3) is 5.91 Å². The third kappa shape index (κ3) is 2.71. The highest BCUT2D eigenvalue weighted by Crippen LogP contribution is 2.36. The molecule has 1 fully saturated rings. The molecule has 0 spiro atoms. The maximum absolute atomic E-state index is 12.7. The normalized spacial score (nSPS) is 16.0. The van der Waals surface area contributed by atoms with E-state index in [9.17, 15) is 9.59 Å². The molecule has 0 radical (unpaired) electrons. The van der Waals surface area contributed by atoms with Gasteiger partial charge in [-0.1, -0.05) is 29.8 Å². The van der Waals surface area contributed by atoms with Gasteiger partial charge in [-0.15, -0.1) is 11.3 Å². The minimum atomic E-state index is -0.0263. The molecule has 4 nitrogen and oxygen atoms in total. The van der Waals surface area contributed by atoms with E-state index in [4.69, 9.17) is 11.6 Å². The summed E-state index contributed by atoms with van der Waals surface area (Å²) in [4.78, 5) is 26.7. The highest BCUT2D eigenvalue weighted by molar-refractivity contribution is 7.21.